The van der Waals surface area contributed by atoms with Gasteiger partial charge in [-0.15, -0.1) is 0 Å². The fourth-order valence-electron chi connectivity index (χ4n) is 1.94. The summed E-state index contributed by atoms with van der Waals surface area (Å²) in [6, 6.07) is 9.59. The standard InChI is InChI=1S/C11H13NS/c1-8-6-10(8)12-7-9-4-2-3-5-11(9)13-12/h2-5,8,10H,6-7H2,1H3. The van der Waals surface area contributed by atoms with Gasteiger partial charge in [-0.1, -0.05) is 25.1 Å². The van der Waals surface area contributed by atoms with E-state index in [1.54, 1.807) is 0 Å². The third-order valence-corrected chi connectivity index (χ3v) is 4.18. The molecule has 1 aliphatic carbocycles. The van der Waals surface area contributed by atoms with E-state index in [0.717, 1.165) is 18.5 Å². The van der Waals surface area contributed by atoms with Crippen LogP contribution in [0.1, 0.15) is 18.9 Å². The zero-order chi connectivity index (χ0) is 8.84. The van der Waals surface area contributed by atoms with Gasteiger partial charge in [0.25, 0.3) is 0 Å². The molecule has 2 heteroatoms. The molecule has 68 valence electrons. The molecule has 2 unspecified atom stereocenters. The van der Waals surface area contributed by atoms with Gasteiger partial charge in [0.2, 0.25) is 0 Å². The van der Waals surface area contributed by atoms with Gasteiger partial charge in [-0.2, -0.15) is 0 Å². The smallest absolute Gasteiger partial charge is 0.0358 e. The van der Waals surface area contributed by atoms with Crippen LogP contribution in [0.3, 0.4) is 0 Å². The van der Waals surface area contributed by atoms with Gasteiger partial charge in [-0.25, -0.2) is 4.31 Å². The maximum absolute atomic E-state index is 2.54. The molecule has 0 N–H and O–H groups in total. The average molecular weight is 191 g/mol. The molecule has 1 saturated carbocycles. The van der Waals surface area contributed by atoms with Crippen LogP contribution < -0.4 is 0 Å². The quantitative estimate of drug-likeness (QED) is 0.628. The Morgan fingerprint density at radius 2 is 2.15 bits per heavy atom. The fraction of sp³-hybridized carbons (Fsp3) is 0.455. The summed E-state index contributed by atoms with van der Waals surface area (Å²) in [6.07, 6.45) is 1.39. The summed E-state index contributed by atoms with van der Waals surface area (Å²) < 4.78 is 2.54. The molecule has 0 aromatic heterocycles. The molecule has 0 amide bonds. The van der Waals surface area contributed by atoms with Crippen molar-refractivity contribution in [3.63, 3.8) is 0 Å². The topological polar surface area (TPSA) is 3.24 Å². The molecule has 3 rings (SSSR count). The molecule has 1 aliphatic heterocycles. The minimum Gasteiger partial charge on any atom is -0.239 e. The van der Waals surface area contributed by atoms with Crippen LogP contribution in [0.4, 0.5) is 0 Å². The predicted octanol–water partition coefficient (Wildman–Crippen LogP) is 2.92. The van der Waals surface area contributed by atoms with Crippen LogP contribution >= 0.6 is 11.9 Å². The molecule has 13 heavy (non-hydrogen) atoms. The van der Waals surface area contributed by atoms with Gasteiger partial charge in [0.1, 0.15) is 0 Å². The van der Waals surface area contributed by atoms with Crippen molar-refractivity contribution in [3.05, 3.63) is 29.8 Å². The first-order chi connectivity index (χ1) is 6.34. The van der Waals surface area contributed by atoms with E-state index in [-0.39, 0.29) is 0 Å². The third-order valence-electron chi connectivity index (χ3n) is 2.95. The first-order valence-electron chi connectivity index (χ1n) is 4.87. The van der Waals surface area contributed by atoms with Crippen molar-refractivity contribution >= 4 is 11.9 Å². The summed E-state index contributed by atoms with van der Waals surface area (Å²) in [5.41, 5.74) is 1.51. The van der Waals surface area contributed by atoms with Crippen molar-refractivity contribution in [1.82, 2.24) is 4.31 Å². The van der Waals surface area contributed by atoms with E-state index in [1.807, 2.05) is 11.9 Å². The molecule has 1 heterocycles. The highest BCUT2D eigenvalue weighted by Crippen LogP contribution is 2.46. The third kappa shape index (κ3) is 1.29. The number of hydrogen-bond donors (Lipinski definition) is 0. The highest BCUT2D eigenvalue weighted by molar-refractivity contribution is 7.97. The van der Waals surface area contributed by atoms with Crippen LogP contribution in [0.15, 0.2) is 29.2 Å². The Labute approximate surface area is 83.3 Å². The molecule has 2 aliphatic rings. The lowest BCUT2D eigenvalue weighted by Crippen LogP contribution is -2.13. The Kier molecular flexibility index (Phi) is 1.67. The van der Waals surface area contributed by atoms with Crippen LogP contribution in [0.25, 0.3) is 0 Å². The molecule has 0 spiro atoms. The van der Waals surface area contributed by atoms with Crippen molar-refractivity contribution < 1.29 is 0 Å². The van der Waals surface area contributed by atoms with E-state index in [9.17, 15) is 0 Å². The van der Waals surface area contributed by atoms with Crippen LogP contribution in [-0.2, 0) is 6.54 Å². The lowest BCUT2D eigenvalue weighted by atomic mass is 10.2. The summed E-state index contributed by atoms with van der Waals surface area (Å²) in [5.74, 6) is 0.918. The van der Waals surface area contributed by atoms with Gasteiger partial charge in [-0.05, 0) is 35.9 Å². The molecule has 0 bridgehead atoms. The largest absolute Gasteiger partial charge is 0.239 e. The normalized spacial score (nSPS) is 31.8. The van der Waals surface area contributed by atoms with E-state index in [2.05, 4.69) is 35.5 Å². The van der Waals surface area contributed by atoms with Crippen LogP contribution in [0.5, 0.6) is 0 Å². The molecule has 2 atom stereocenters. The SMILES string of the molecule is CC1CC1N1Cc2ccccc2S1. The van der Waals surface area contributed by atoms with Gasteiger partial charge in [0.05, 0.1) is 0 Å². The summed E-state index contributed by atoms with van der Waals surface area (Å²) in [6.45, 7) is 3.49. The van der Waals surface area contributed by atoms with E-state index in [4.69, 9.17) is 0 Å². The van der Waals surface area contributed by atoms with Crippen molar-refractivity contribution in [2.45, 2.75) is 30.8 Å². The first kappa shape index (κ1) is 7.89. The van der Waals surface area contributed by atoms with Crippen molar-refractivity contribution in [1.29, 1.82) is 0 Å². The Morgan fingerprint density at radius 3 is 2.85 bits per heavy atom. The van der Waals surface area contributed by atoms with Gasteiger partial charge >= 0.3 is 0 Å². The van der Waals surface area contributed by atoms with Gasteiger partial charge in [-0.3, -0.25) is 0 Å². The van der Waals surface area contributed by atoms with E-state index >= 15 is 0 Å². The zero-order valence-electron chi connectivity index (χ0n) is 7.73. The van der Waals surface area contributed by atoms with Crippen molar-refractivity contribution in [2.75, 3.05) is 0 Å². The summed E-state index contributed by atoms with van der Waals surface area (Å²) in [4.78, 5) is 1.46. The second kappa shape index (κ2) is 2.76. The van der Waals surface area contributed by atoms with Gasteiger partial charge < -0.3 is 0 Å². The first-order valence-corrected chi connectivity index (χ1v) is 5.64. The Morgan fingerprint density at radius 1 is 1.38 bits per heavy atom. The highest BCUT2D eigenvalue weighted by atomic mass is 32.2. The maximum atomic E-state index is 2.54. The molecule has 0 saturated heterocycles. The lowest BCUT2D eigenvalue weighted by Gasteiger charge is -2.11. The number of rotatable bonds is 1. The highest BCUT2D eigenvalue weighted by Gasteiger charge is 2.40. The van der Waals surface area contributed by atoms with Gasteiger partial charge in [0, 0.05) is 17.5 Å². The molecular weight excluding hydrogens is 178 g/mol. The second-order valence-corrected chi connectivity index (χ2v) is 5.15. The number of hydrogen-bond acceptors (Lipinski definition) is 2. The van der Waals surface area contributed by atoms with E-state index in [0.29, 0.717) is 0 Å². The monoisotopic (exact) mass is 191 g/mol. The van der Waals surface area contributed by atoms with E-state index < -0.39 is 0 Å². The minimum absolute atomic E-state index is 0.845. The van der Waals surface area contributed by atoms with E-state index in [1.165, 1.54) is 16.9 Å². The minimum atomic E-state index is 0.845. The van der Waals surface area contributed by atoms with Crippen molar-refractivity contribution in [3.8, 4) is 0 Å². The molecule has 0 radical (unpaired) electrons. The fourth-order valence-corrected chi connectivity index (χ4v) is 3.21. The number of nitrogens with zero attached hydrogens (tertiary/aromatic N) is 1. The molecule has 1 aromatic carbocycles. The maximum Gasteiger partial charge on any atom is 0.0358 e. The van der Waals surface area contributed by atoms with Crippen LogP contribution in [0, 0.1) is 5.92 Å². The zero-order valence-corrected chi connectivity index (χ0v) is 8.55. The van der Waals surface area contributed by atoms with Gasteiger partial charge in [0.15, 0.2) is 0 Å². The number of fused-ring (bicyclic) bond motifs is 1. The Hall–Kier alpha value is -0.470. The molecule has 1 nitrogen and oxygen atoms in total. The summed E-state index contributed by atoms with van der Waals surface area (Å²) in [5, 5.41) is 0. The van der Waals surface area contributed by atoms with Crippen LogP contribution in [0.2, 0.25) is 0 Å². The number of benzene rings is 1. The van der Waals surface area contributed by atoms with Crippen LogP contribution in [-0.4, -0.2) is 10.3 Å². The Bertz CT molecular complexity index is 312. The molecular formula is C11H13NS. The molecule has 1 aromatic rings. The van der Waals surface area contributed by atoms with Crippen molar-refractivity contribution in [2.24, 2.45) is 5.92 Å². The molecule has 1 fully saturated rings. The predicted molar refractivity (Wildman–Crippen MR) is 55.4 cm³/mol. The average Bonchev–Trinajstić information content (AvgIpc) is 2.74. The lowest BCUT2D eigenvalue weighted by molar-refractivity contribution is 0.452. The summed E-state index contributed by atoms with van der Waals surface area (Å²) in [7, 11) is 0. The summed E-state index contributed by atoms with van der Waals surface area (Å²) >= 11 is 1.94. The second-order valence-electron chi connectivity index (χ2n) is 4.05. The Balaban J connectivity index is 1.82.